The van der Waals surface area contributed by atoms with E-state index in [4.69, 9.17) is 4.42 Å². The minimum atomic E-state index is -3.96. The van der Waals surface area contributed by atoms with Crippen molar-refractivity contribution in [2.75, 3.05) is 16.5 Å². The van der Waals surface area contributed by atoms with Gasteiger partial charge in [-0.15, -0.1) is 0 Å². The molecule has 2 N–H and O–H groups in total. The van der Waals surface area contributed by atoms with E-state index >= 15 is 0 Å². The van der Waals surface area contributed by atoms with Crippen molar-refractivity contribution in [3.05, 3.63) is 83.5 Å². The Bertz CT molecular complexity index is 1480. The third kappa shape index (κ3) is 5.82. The molecular formula is C24H24N6O4S. The largest absolute Gasteiger partial charge is 0.459 e. The predicted octanol–water partition coefficient (Wildman–Crippen LogP) is 3.68. The molecule has 0 fully saturated rings. The Balaban J connectivity index is 1.37. The number of rotatable bonds is 8. The molecule has 4 rings (SSSR count). The van der Waals surface area contributed by atoms with Crippen LogP contribution in [0.25, 0.3) is 17.0 Å². The van der Waals surface area contributed by atoms with Crippen LogP contribution in [-0.4, -0.2) is 41.2 Å². The Kier molecular flexibility index (Phi) is 6.78. The SMILES string of the molecule is Cc1c(CN(C)C(=O)/C=C/c2ccc(NS(=O)(=O)Nc3ncccn3)nc2)oc2c(C)cccc12. The third-order valence-electron chi connectivity index (χ3n) is 5.25. The highest BCUT2D eigenvalue weighted by Gasteiger charge is 2.16. The summed E-state index contributed by atoms with van der Waals surface area (Å²) in [7, 11) is -2.26. The van der Waals surface area contributed by atoms with Crippen LogP contribution in [0.15, 0.2) is 65.5 Å². The molecule has 3 aromatic heterocycles. The van der Waals surface area contributed by atoms with Gasteiger partial charge in [0, 0.05) is 42.7 Å². The molecule has 0 bridgehead atoms. The van der Waals surface area contributed by atoms with Crippen LogP contribution in [0.3, 0.4) is 0 Å². The van der Waals surface area contributed by atoms with E-state index in [9.17, 15) is 13.2 Å². The Labute approximate surface area is 202 Å². The van der Waals surface area contributed by atoms with Crippen molar-refractivity contribution in [1.29, 1.82) is 0 Å². The van der Waals surface area contributed by atoms with Gasteiger partial charge in [-0.2, -0.15) is 8.42 Å². The number of pyridine rings is 1. The number of furan rings is 1. The highest BCUT2D eigenvalue weighted by Crippen LogP contribution is 2.28. The fourth-order valence-corrected chi connectivity index (χ4v) is 4.16. The van der Waals surface area contributed by atoms with Crippen molar-refractivity contribution in [1.82, 2.24) is 19.9 Å². The lowest BCUT2D eigenvalue weighted by Crippen LogP contribution is -2.24. The van der Waals surface area contributed by atoms with E-state index in [1.165, 1.54) is 30.7 Å². The summed E-state index contributed by atoms with van der Waals surface area (Å²) in [6.07, 6.45) is 7.32. The maximum atomic E-state index is 12.6. The first-order valence-electron chi connectivity index (χ1n) is 10.7. The van der Waals surface area contributed by atoms with Crippen LogP contribution in [0.4, 0.5) is 11.8 Å². The fraction of sp³-hybridized carbons (Fsp3) is 0.167. The van der Waals surface area contributed by atoms with E-state index in [-0.39, 0.29) is 17.7 Å². The Morgan fingerprint density at radius 3 is 2.51 bits per heavy atom. The molecule has 0 aliphatic heterocycles. The molecule has 35 heavy (non-hydrogen) atoms. The first-order valence-corrected chi connectivity index (χ1v) is 12.1. The monoisotopic (exact) mass is 492 g/mol. The van der Waals surface area contributed by atoms with E-state index in [1.807, 2.05) is 32.0 Å². The fourth-order valence-electron chi connectivity index (χ4n) is 3.37. The molecule has 4 aromatic rings. The second kappa shape index (κ2) is 9.94. The van der Waals surface area contributed by atoms with Gasteiger partial charge in [0.25, 0.3) is 0 Å². The number of carbonyl (C=O) groups excluding carboxylic acids is 1. The average Bonchev–Trinajstić information content (AvgIpc) is 3.15. The first-order chi connectivity index (χ1) is 16.7. The molecule has 180 valence electrons. The van der Waals surface area contributed by atoms with E-state index < -0.39 is 10.2 Å². The molecule has 0 radical (unpaired) electrons. The third-order valence-corrected chi connectivity index (χ3v) is 6.18. The quantitative estimate of drug-likeness (QED) is 0.359. The standard InChI is InChI=1S/C24H24N6O4S/c1-16-6-4-7-19-17(2)20(34-23(16)19)15-30(3)22(31)11-9-18-8-10-21(27-14-18)28-35(32,33)29-24-25-12-5-13-26-24/h4-14H,15H2,1-3H3,(H,27,28)(H,25,26,29)/b11-9+. The number of hydrogen-bond donors (Lipinski definition) is 2. The number of hydrogen-bond acceptors (Lipinski definition) is 7. The number of aryl methyl sites for hydroxylation is 2. The van der Waals surface area contributed by atoms with Crippen LogP contribution in [0.2, 0.25) is 0 Å². The van der Waals surface area contributed by atoms with E-state index in [0.717, 1.165) is 27.9 Å². The summed E-state index contributed by atoms with van der Waals surface area (Å²) in [4.78, 5) is 25.9. The van der Waals surface area contributed by atoms with Gasteiger partial charge in [0.2, 0.25) is 11.9 Å². The Morgan fingerprint density at radius 2 is 1.83 bits per heavy atom. The molecule has 1 amide bonds. The summed E-state index contributed by atoms with van der Waals surface area (Å²) in [5.74, 6) is 0.574. The number of benzene rings is 1. The molecule has 3 heterocycles. The molecule has 0 unspecified atom stereocenters. The first kappa shape index (κ1) is 23.9. The molecular weight excluding hydrogens is 468 g/mol. The summed E-state index contributed by atoms with van der Waals surface area (Å²) < 4.78 is 34.8. The summed E-state index contributed by atoms with van der Waals surface area (Å²) in [5, 5.41) is 1.05. The molecule has 0 atom stereocenters. The normalized spacial score (nSPS) is 11.6. The average molecular weight is 493 g/mol. The van der Waals surface area contributed by atoms with Crippen LogP contribution >= 0.6 is 0 Å². The number of likely N-dealkylation sites (N-methyl/N-ethyl adjacent to an activating group) is 1. The van der Waals surface area contributed by atoms with E-state index in [1.54, 1.807) is 30.2 Å². The lowest BCUT2D eigenvalue weighted by atomic mass is 10.1. The molecule has 0 aliphatic carbocycles. The van der Waals surface area contributed by atoms with Gasteiger partial charge >= 0.3 is 10.2 Å². The molecule has 10 nitrogen and oxygen atoms in total. The van der Waals surface area contributed by atoms with Gasteiger partial charge in [-0.05, 0) is 49.2 Å². The molecule has 0 saturated heterocycles. The Hall–Kier alpha value is -4.25. The van der Waals surface area contributed by atoms with Crippen LogP contribution in [0, 0.1) is 13.8 Å². The number of nitrogens with one attached hydrogen (secondary N) is 2. The van der Waals surface area contributed by atoms with Gasteiger partial charge in [-0.1, -0.05) is 18.2 Å². The van der Waals surface area contributed by atoms with Gasteiger partial charge in [0.15, 0.2) is 0 Å². The van der Waals surface area contributed by atoms with Gasteiger partial charge in [0.1, 0.15) is 17.2 Å². The topological polar surface area (TPSA) is 130 Å². The summed E-state index contributed by atoms with van der Waals surface area (Å²) in [6.45, 7) is 4.31. The second-order valence-corrected chi connectivity index (χ2v) is 9.30. The number of carbonyl (C=O) groups is 1. The van der Waals surface area contributed by atoms with Crippen LogP contribution in [-0.2, 0) is 21.5 Å². The van der Waals surface area contributed by atoms with Crippen LogP contribution in [0.5, 0.6) is 0 Å². The zero-order chi connectivity index (χ0) is 25.0. The molecule has 0 saturated carbocycles. The lowest BCUT2D eigenvalue weighted by molar-refractivity contribution is -0.125. The minimum absolute atomic E-state index is 0.0600. The smallest absolute Gasteiger partial charge is 0.325 e. The van der Waals surface area contributed by atoms with Gasteiger partial charge in [-0.3, -0.25) is 9.52 Å². The molecule has 0 spiro atoms. The van der Waals surface area contributed by atoms with Crippen molar-refractivity contribution in [2.45, 2.75) is 20.4 Å². The molecule has 11 heteroatoms. The van der Waals surface area contributed by atoms with Gasteiger partial charge in [0.05, 0.1) is 6.54 Å². The van der Waals surface area contributed by atoms with Crippen molar-refractivity contribution in [3.63, 3.8) is 0 Å². The predicted molar refractivity (Wildman–Crippen MR) is 134 cm³/mol. The van der Waals surface area contributed by atoms with Crippen molar-refractivity contribution in [2.24, 2.45) is 0 Å². The maximum absolute atomic E-state index is 12.6. The number of aromatic nitrogens is 3. The second-order valence-electron chi connectivity index (χ2n) is 7.89. The van der Waals surface area contributed by atoms with Crippen molar-refractivity contribution >= 4 is 44.9 Å². The van der Waals surface area contributed by atoms with Crippen LogP contribution < -0.4 is 9.44 Å². The summed E-state index contributed by atoms with van der Waals surface area (Å²) >= 11 is 0. The Morgan fingerprint density at radius 1 is 1.06 bits per heavy atom. The van der Waals surface area contributed by atoms with Crippen LogP contribution in [0.1, 0.15) is 22.5 Å². The molecule has 0 aliphatic rings. The number of fused-ring (bicyclic) bond motifs is 1. The summed E-state index contributed by atoms with van der Waals surface area (Å²) in [5.41, 5.74) is 3.53. The van der Waals surface area contributed by atoms with Crippen molar-refractivity contribution < 1.29 is 17.6 Å². The number of anilines is 2. The van der Waals surface area contributed by atoms with Gasteiger partial charge < -0.3 is 9.32 Å². The number of nitrogens with zero attached hydrogens (tertiary/aromatic N) is 4. The van der Waals surface area contributed by atoms with E-state index in [2.05, 4.69) is 24.4 Å². The summed E-state index contributed by atoms with van der Waals surface area (Å²) in [6, 6.07) is 10.7. The highest BCUT2D eigenvalue weighted by molar-refractivity contribution is 7.93. The zero-order valence-corrected chi connectivity index (χ0v) is 20.2. The molecule has 1 aromatic carbocycles. The maximum Gasteiger partial charge on any atom is 0.325 e. The van der Waals surface area contributed by atoms with Crippen molar-refractivity contribution in [3.8, 4) is 0 Å². The number of amides is 1. The van der Waals surface area contributed by atoms with Gasteiger partial charge in [-0.25, -0.2) is 19.7 Å². The number of para-hydroxylation sites is 1. The minimum Gasteiger partial charge on any atom is -0.459 e. The van der Waals surface area contributed by atoms with E-state index in [0.29, 0.717) is 12.1 Å². The zero-order valence-electron chi connectivity index (χ0n) is 19.4. The lowest BCUT2D eigenvalue weighted by Gasteiger charge is -2.13. The highest BCUT2D eigenvalue weighted by atomic mass is 32.2.